The van der Waals surface area contributed by atoms with Crippen LogP contribution < -0.4 is 5.46 Å². The maximum Gasteiger partial charge on any atom is 0.200 e. The number of halogens is 12. The van der Waals surface area contributed by atoms with Gasteiger partial charge in [-0.15, -0.1) is 0 Å². The molecule has 0 unspecified atom stereocenters. The molecular weight excluding hydrogens is 491 g/mol. The summed E-state index contributed by atoms with van der Waals surface area (Å²) in [6.45, 7) is 2.25. The monoisotopic (exact) mass is 501 g/mol. The maximum absolute atomic E-state index is 15.1. The highest BCUT2D eigenvalue weighted by atomic mass is 19.2. The van der Waals surface area contributed by atoms with Gasteiger partial charge in [0.15, 0.2) is 65.5 Å². The van der Waals surface area contributed by atoms with E-state index in [0.717, 1.165) is 13.8 Å². The van der Waals surface area contributed by atoms with Crippen molar-refractivity contribution in [2.24, 2.45) is 0 Å². The van der Waals surface area contributed by atoms with E-state index in [9.17, 15) is 48.3 Å². The summed E-state index contributed by atoms with van der Waals surface area (Å²) < 4.78 is 170. The minimum Gasteiger partial charge on any atom is -0.207 e. The molecule has 0 saturated heterocycles. The molecule has 13 heteroatoms. The predicted molar refractivity (Wildman–Crippen MR) is 97.5 cm³/mol. The van der Waals surface area contributed by atoms with E-state index in [1.54, 1.807) is 0 Å². The van der Waals surface area contributed by atoms with Crippen LogP contribution in [0.1, 0.15) is 32.3 Å². The average molecular weight is 501 g/mol. The van der Waals surface area contributed by atoms with Crippen LogP contribution in [0, 0.1) is 69.8 Å². The summed E-state index contributed by atoms with van der Waals surface area (Å²) >= 11 is 0. The highest BCUT2D eigenvalue weighted by molar-refractivity contribution is 6.57. The van der Waals surface area contributed by atoms with Gasteiger partial charge in [0.05, 0.1) is 10.8 Å². The lowest BCUT2D eigenvalue weighted by Crippen LogP contribution is -2.44. The van der Waals surface area contributed by atoms with Crippen LogP contribution in [0.4, 0.5) is 52.7 Å². The Balaban J connectivity index is 2.42. The van der Waals surface area contributed by atoms with Crippen LogP contribution >= 0.6 is 0 Å². The summed E-state index contributed by atoms with van der Waals surface area (Å²) in [6, 6.07) is 0. The molecule has 0 aliphatic heterocycles. The van der Waals surface area contributed by atoms with Crippen molar-refractivity contribution >= 4 is 23.5 Å². The molecule has 0 nitrogen and oxygen atoms in total. The highest BCUT2D eigenvalue weighted by Crippen LogP contribution is 2.38. The summed E-state index contributed by atoms with van der Waals surface area (Å²) in [4.78, 5) is 0. The molecule has 0 saturated carbocycles. The molecular formula is C21H10BF12. The van der Waals surface area contributed by atoms with Gasteiger partial charge in [0, 0.05) is 5.56 Å². The van der Waals surface area contributed by atoms with Gasteiger partial charge in [-0.25, -0.2) is 52.7 Å². The third-order valence-electron chi connectivity index (χ3n) is 5.76. The van der Waals surface area contributed by atoms with Crippen molar-refractivity contribution in [3.63, 3.8) is 0 Å². The number of fused-ring (bicyclic) bond motifs is 1. The summed E-state index contributed by atoms with van der Waals surface area (Å²) in [5.41, 5.74) is -3.15. The molecule has 0 amide bonds. The van der Waals surface area contributed by atoms with Gasteiger partial charge in [0.1, 0.15) is 5.82 Å². The lowest BCUT2D eigenvalue weighted by Gasteiger charge is -2.33. The van der Waals surface area contributed by atoms with Gasteiger partial charge < -0.3 is 0 Å². The second kappa shape index (κ2) is 8.73. The summed E-state index contributed by atoms with van der Waals surface area (Å²) in [6.07, 6.45) is -1.18. The van der Waals surface area contributed by atoms with Gasteiger partial charge in [-0.3, -0.25) is 0 Å². The normalized spacial score (nSPS) is 12.1. The van der Waals surface area contributed by atoms with Crippen LogP contribution in [0.15, 0.2) is 0 Å². The lowest BCUT2D eigenvalue weighted by atomic mass is 9.43. The molecule has 0 aliphatic carbocycles. The van der Waals surface area contributed by atoms with E-state index < -0.39 is 110 Å². The fourth-order valence-electron chi connectivity index (χ4n) is 3.83. The average Bonchev–Trinajstić information content (AvgIpc) is 2.82. The molecule has 0 aromatic heterocycles. The third-order valence-corrected chi connectivity index (χ3v) is 5.76. The van der Waals surface area contributed by atoms with Crippen molar-refractivity contribution in [3.05, 3.63) is 75.4 Å². The second-order valence-corrected chi connectivity index (χ2v) is 7.31. The first-order chi connectivity index (χ1) is 15.8. The van der Waals surface area contributed by atoms with Crippen LogP contribution in [-0.4, -0.2) is 7.28 Å². The molecule has 0 bridgehead atoms. The number of rotatable bonds is 5. The zero-order valence-corrected chi connectivity index (χ0v) is 17.0. The maximum atomic E-state index is 15.1. The minimum atomic E-state index is -2.56. The Morgan fingerprint density at radius 3 is 1.18 bits per heavy atom. The Morgan fingerprint density at radius 1 is 0.441 bits per heavy atom. The molecule has 181 valence electrons. The molecule has 3 rings (SSSR count). The molecule has 0 heterocycles. The van der Waals surface area contributed by atoms with E-state index in [2.05, 4.69) is 0 Å². The minimum absolute atomic E-state index is 0.233. The first-order valence-corrected chi connectivity index (χ1v) is 9.47. The molecule has 0 fully saturated rings. The second-order valence-electron chi connectivity index (χ2n) is 7.31. The Morgan fingerprint density at radius 2 is 0.765 bits per heavy atom. The highest BCUT2D eigenvalue weighted by Gasteiger charge is 2.42. The van der Waals surface area contributed by atoms with E-state index in [4.69, 9.17) is 0 Å². The van der Waals surface area contributed by atoms with Crippen LogP contribution in [0.5, 0.6) is 0 Å². The quantitative estimate of drug-likeness (QED) is 0.161. The predicted octanol–water partition coefficient (Wildman–Crippen LogP) is 6.55. The van der Waals surface area contributed by atoms with Crippen LogP contribution in [0.3, 0.4) is 0 Å². The van der Waals surface area contributed by atoms with Crippen LogP contribution in [0.2, 0.25) is 0 Å². The van der Waals surface area contributed by atoms with Crippen LogP contribution in [0.25, 0.3) is 10.8 Å². The number of benzene rings is 3. The Labute approximate surface area is 184 Å². The lowest BCUT2D eigenvalue weighted by molar-refractivity contribution is 0.353. The zero-order chi connectivity index (χ0) is 25.9. The van der Waals surface area contributed by atoms with E-state index in [1.165, 1.54) is 0 Å². The van der Waals surface area contributed by atoms with Gasteiger partial charge in [0.2, 0.25) is 5.82 Å². The molecule has 3 aromatic rings. The molecule has 0 N–H and O–H groups in total. The molecule has 1 radical (unpaired) electrons. The van der Waals surface area contributed by atoms with Crippen molar-refractivity contribution in [2.75, 3.05) is 0 Å². The van der Waals surface area contributed by atoms with Gasteiger partial charge in [0.25, 0.3) is 0 Å². The van der Waals surface area contributed by atoms with Gasteiger partial charge in [-0.2, -0.15) is 0 Å². The molecule has 34 heavy (non-hydrogen) atoms. The Kier molecular flexibility index (Phi) is 6.62. The first kappa shape index (κ1) is 25.8. The van der Waals surface area contributed by atoms with Crippen molar-refractivity contribution in [3.8, 4) is 0 Å². The van der Waals surface area contributed by atoms with Crippen molar-refractivity contribution in [2.45, 2.75) is 32.0 Å². The van der Waals surface area contributed by atoms with E-state index in [0.29, 0.717) is 0 Å². The van der Waals surface area contributed by atoms with Crippen LogP contribution in [-0.2, 0) is 5.31 Å². The van der Waals surface area contributed by atoms with Gasteiger partial charge in [-0.1, -0.05) is 26.7 Å². The van der Waals surface area contributed by atoms with Crippen molar-refractivity contribution in [1.29, 1.82) is 0 Å². The third kappa shape index (κ3) is 3.42. The smallest absolute Gasteiger partial charge is 0.200 e. The largest absolute Gasteiger partial charge is 0.207 e. The molecule has 0 atom stereocenters. The van der Waals surface area contributed by atoms with Gasteiger partial charge >= 0.3 is 0 Å². The SMILES string of the molecule is CCC([B]c1c(F)c(F)c2c(F)c(F)c(F)c(F)c2c1F)(CC)c1c(F)c(F)c(F)c(F)c1F. The topological polar surface area (TPSA) is 0 Å². The Hall–Kier alpha value is -2.86. The standard InChI is InChI=1S/C21H10BF12/c1-3-21(4-2,7-13(27)18(32)20(34)19(33)14(7)28)22-8-9(23)5-6(10(24)15(8)29)12(26)17(31)16(30)11(5)25/h3-4H2,1-2H3. The zero-order valence-electron chi connectivity index (χ0n) is 17.0. The summed E-state index contributed by atoms with van der Waals surface area (Å²) in [5.74, 6) is -28.8. The Bertz CT molecular complexity index is 1300. The van der Waals surface area contributed by atoms with Crippen molar-refractivity contribution < 1.29 is 52.7 Å². The number of hydrogen-bond acceptors (Lipinski definition) is 0. The van der Waals surface area contributed by atoms with E-state index in [1.807, 2.05) is 0 Å². The molecule has 0 spiro atoms. The fraction of sp³-hybridized carbons (Fsp3) is 0.238. The van der Waals surface area contributed by atoms with E-state index in [-0.39, 0.29) is 7.28 Å². The first-order valence-electron chi connectivity index (χ1n) is 9.47. The number of hydrogen-bond donors (Lipinski definition) is 0. The summed E-state index contributed by atoms with van der Waals surface area (Å²) in [5, 5.41) is -6.18. The fourth-order valence-corrected chi connectivity index (χ4v) is 3.83. The van der Waals surface area contributed by atoms with Gasteiger partial charge in [-0.05, 0) is 10.8 Å². The summed E-state index contributed by atoms with van der Waals surface area (Å²) in [7, 11) is 0.233. The molecule has 0 aliphatic rings. The van der Waals surface area contributed by atoms with E-state index >= 15 is 4.39 Å². The van der Waals surface area contributed by atoms with Crippen molar-refractivity contribution in [1.82, 2.24) is 0 Å². The molecule has 3 aromatic carbocycles.